The molecule has 5 heteroatoms. The standard InChI is InChI=1S/C13H25N5/c1-5-11(6-2)9-18(7-3)13-8-12(17-14)15-10(4)16-13/h8,11H,5-7,9,14H2,1-4H3,(H,15,16,17). The lowest BCUT2D eigenvalue weighted by Gasteiger charge is -2.26. The third kappa shape index (κ3) is 3.84. The number of anilines is 2. The Kier molecular flexibility index (Phi) is 5.85. The van der Waals surface area contributed by atoms with Crippen molar-refractivity contribution >= 4 is 11.6 Å². The van der Waals surface area contributed by atoms with E-state index in [9.17, 15) is 0 Å². The maximum absolute atomic E-state index is 5.42. The monoisotopic (exact) mass is 251 g/mol. The second-order valence-electron chi connectivity index (χ2n) is 4.52. The van der Waals surface area contributed by atoms with E-state index in [-0.39, 0.29) is 0 Å². The highest BCUT2D eigenvalue weighted by Crippen LogP contribution is 2.18. The van der Waals surface area contributed by atoms with Crippen molar-refractivity contribution in [2.24, 2.45) is 11.8 Å². The van der Waals surface area contributed by atoms with E-state index in [0.29, 0.717) is 11.7 Å². The van der Waals surface area contributed by atoms with Crippen LogP contribution in [0, 0.1) is 12.8 Å². The molecule has 0 aliphatic rings. The summed E-state index contributed by atoms with van der Waals surface area (Å²) in [5, 5.41) is 0. The minimum absolute atomic E-state index is 0.667. The van der Waals surface area contributed by atoms with Gasteiger partial charge < -0.3 is 10.3 Å². The Morgan fingerprint density at radius 3 is 2.44 bits per heavy atom. The van der Waals surface area contributed by atoms with Gasteiger partial charge in [-0.15, -0.1) is 0 Å². The summed E-state index contributed by atoms with van der Waals surface area (Å²) < 4.78 is 0. The van der Waals surface area contributed by atoms with Crippen molar-refractivity contribution in [1.29, 1.82) is 0 Å². The molecule has 0 saturated heterocycles. The summed E-state index contributed by atoms with van der Waals surface area (Å²) in [6, 6.07) is 1.90. The number of hydrogen-bond donors (Lipinski definition) is 2. The number of hydrogen-bond acceptors (Lipinski definition) is 5. The smallest absolute Gasteiger partial charge is 0.145 e. The zero-order valence-corrected chi connectivity index (χ0v) is 11.9. The maximum atomic E-state index is 5.42. The molecule has 1 aromatic rings. The fourth-order valence-electron chi connectivity index (χ4n) is 2.03. The zero-order chi connectivity index (χ0) is 13.5. The fraction of sp³-hybridized carbons (Fsp3) is 0.692. The van der Waals surface area contributed by atoms with Crippen molar-refractivity contribution in [3.8, 4) is 0 Å². The fourth-order valence-corrected chi connectivity index (χ4v) is 2.03. The molecule has 0 radical (unpaired) electrons. The summed E-state index contributed by atoms with van der Waals surface area (Å²) >= 11 is 0. The number of aryl methyl sites for hydroxylation is 1. The molecule has 3 N–H and O–H groups in total. The van der Waals surface area contributed by atoms with Gasteiger partial charge in [0.25, 0.3) is 0 Å². The van der Waals surface area contributed by atoms with Gasteiger partial charge in [-0.3, -0.25) is 0 Å². The third-order valence-corrected chi connectivity index (χ3v) is 3.31. The van der Waals surface area contributed by atoms with E-state index in [4.69, 9.17) is 5.84 Å². The van der Waals surface area contributed by atoms with Crippen molar-refractivity contribution in [3.05, 3.63) is 11.9 Å². The van der Waals surface area contributed by atoms with Crippen molar-refractivity contribution in [1.82, 2.24) is 9.97 Å². The molecule has 5 nitrogen and oxygen atoms in total. The number of nitrogens with zero attached hydrogens (tertiary/aromatic N) is 3. The minimum atomic E-state index is 0.667. The predicted octanol–water partition coefficient (Wildman–Crippen LogP) is 2.33. The van der Waals surface area contributed by atoms with Gasteiger partial charge >= 0.3 is 0 Å². The molecule has 0 spiro atoms. The van der Waals surface area contributed by atoms with Gasteiger partial charge in [0.1, 0.15) is 17.5 Å². The summed E-state index contributed by atoms with van der Waals surface area (Å²) in [7, 11) is 0. The molecule has 102 valence electrons. The molecular formula is C13H25N5. The van der Waals surface area contributed by atoms with Crippen LogP contribution >= 0.6 is 0 Å². The molecule has 0 unspecified atom stereocenters. The van der Waals surface area contributed by atoms with Crippen LogP contribution in [0.2, 0.25) is 0 Å². The lowest BCUT2D eigenvalue weighted by Crippen LogP contribution is -2.30. The molecule has 1 heterocycles. The molecule has 0 bridgehead atoms. The molecule has 1 rings (SSSR count). The summed E-state index contributed by atoms with van der Waals surface area (Å²) in [6.07, 6.45) is 2.39. The van der Waals surface area contributed by atoms with Gasteiger partial charge in [0.15, 0.2) is 0 Å². The van der Waals surface area contributed by atoms with Gasteiger partial charge in [0.2, 0.25) is 0 Å². The van der Waals surface area contributed by atoms with Crippen molar-refractivity contribution in [2.45, 2.75) is 40.5 Å². The molecule has 1 aromatic heterocycles. The molecule has 0 fully saturated rings. The Morgan fingerprint density at radius 2 is 1.94 bits per heavy atom. The quantitative estimate of drug-likeness (QED) is 0.575. The first-order valence-electron chi connectivity index (χ1n) is 6.71. The van der Waals surface area contributed by atoms with E-state index in [1.54, 1.807) is 0 Å². The lowest BCUT2D eigenvalue weighted by atomic mass is 10.0. The van der Waals surface area contributed by atoms with Gasteiger partial charge in [-0.25, -0.2) is 15.8 Å². The SMILES string of the molecule is CCC(CC)CN(CC)c1cc(NN)nc(C)n1. The van der Waals surface area contributed by atoms with E-state index in [0.717, 1.165) is 24.7 Å². The largest absolute Gasteiger partial charge is 0.356 e. The first-order chi connectivity index (χ1) is 8.64. The number of hydrazine groups is 1. The van der Waals surface area contributed by atoms with E-state index >= 15 is 0 Å². The summed E-state index contributed by atoms with van der Waals surface area (Å²) in [5.41, 5.74) is 2.59. The van der Waals surface area contributed by atoms with Crippen LogP contribution in [0.1, 0.15) is 39.4 Å². The van der Waals surface area contributed by atoms with Crippen LogP contribution in [0.15, 0.2) is 6.07 Å². The second kappa shape index (κ2) is 7.16. The maximum Gasteiger partial charge on any atom is 0.145 e. The van der Waals surface area contributed by atoms with Gasteiger partial charge in [0.05, 0.1) is 0 Å². The molecule has 0 aliphatic heterocycles. The Labute approximate surface area is 110 Å². The van der Waals surface area contributed by atoms with E-state index < -0.39 is 0 Å². The van der Waals surface area contributed by atoms with Gasteiger partial charge in [-0.1, -0.05) is 26.7 Å². The molecule has 18 heavy (non-hydrogen) atoms. The molecule has 0 aromatic carbocycles. The second-order valence-corrected chi connectivity index (χ2v) is 4.52. The van der Waals surface area contributed by atoms with Gasteiger partial charge in [-0.05, 0) is 19.8 Å². The van der Waals surface area contributed by atoms with Crippen LogP contribution in [0.5, 0.6) is 0 Å². The van der Waals surface area contributed by atoms with Crippen LogP contribution < -0.4 is 16.2 Å². The van der Waals surface area contributed by atoms with E-state index in [2.05, 4.69) is 41.1 Å². The highest BCUT2D eigenvalue weighted by molar-refractivity contribution is 5.48. The van der Waals surface area contributed by atoms with E-state index in [1.807, 2.05) is 13.0 Å². The predicted molar refractivity (Wildman–Crippen MR) is 76.5 cm³/mol. The summed E-state index contributed by atoms with van der Waals surface area (Å²) in [6.45, 7) is 10.5. The van der Waals surface area contributed by atoms with Crippen molar-refractivity contribution < 1.29 is 0 Å². The highest BCUT2D eigenvalue weighted by Gasteiger charge is 2.13. The Hall–Kier alpha value is -1.36. The van der Waals surface area contributed by atoms with Crippen LogP contribution in [-0.2, 0) is 0 Å². The number of rotatable bonds is 7. The molecular weight excluding hydrogens is 226 g/mol. The van der Waals surface area contributed by atoms with Gasteiger partial charge in [0, 0.05) is 19.2 Å². The average Bonchev–Trinajstić information content (AvgIpc) is 2.39. The topological polar surface area (TPSA) is 67.1 Å². The Balaban J connectivity index is 2.90. The molecule has 0 saturated carbocycles. The van der Waals surface area contributed by atoms with Crippen LogP contribution in [0.4, 0.5) is 11.6 Å². The zero-order valence-electron chi connectivity index (χ0n) is 11.9. The normalized spacial score (nSPS) is 10.8. The third-order valence-electron chi connectivity index (χ3n) is 3.31. The lowest BCUT2D eigenvalue weighted by molar-refractivity contribution is 0.484. The number of nitrogen functional groups attached to an aromatic ring is 1. The average molecular weight is 251 g/mol. The van der Waals surface area contributed by atoms with Gasteiger partial charge in [-0.2, -0.15) is 0 Å². The number of aromatic nitrogens is 2. The number of nitrogens with one attached hydrogen (secondary N) is 1. The van der Waals surface area contributed by atoms with Crippen LogP contribution in [0.3, 0.4) is 0 Å². The Bertz CT molecular complexity index is 362. The summed E-state index contributed by atoms with van der Waals surface area (Å²) in [5.74, 6) is 8.48. The van der Waals surface area contributed by atoms with Crippen molar-refractivity contribution in [2.75, 3.05) is 23.4 Å². The van der Waals surface area contributed by atoms with Crippen molar-refractivity contribution in [3.63, 3.8) is 0 Å². The first kappa shape index (κ1) is 14.7. The van der Waals surface area contributed by atoms with Crippen LogP contribution in [0.25, 0.3) is 0 Å². The van der Waals surface area contributed by atoms with E-state index in [1.165, 1.54) is 12.8 Å². The Morgan fingerprint density at radius 1 is 1.28 bits per heavy atom. The number of nitrogens with two attached hydrogens (primary N) is 1. The first-order valence-corrected chi connectivity index (χ1v) is 6.71. The van der Waals surface area contributed by atoms with Crippen LogP contribution in [-0.4, -0.2) is 23.1 Å². The molecule has 0 aliphatic carbocycles. The summed E-state index contributed by atoms with van der Waals surface area (Å²) in [4.78, 5) is 11.0. The minimum Gasteiger partial charge on any atom is -0.356 e. The highest BCUT2D eigenvalue weighted by atomic mass is 15.3. The molecule has 0 amide bonds. The molecule has 0 atom stereocenters.